The maximum Gasteiger partial charge on any atom is 0.154 e. The Morgan fingerprint density at radius 3 is 2.35 bits per heavy atom. The van der Waals surface area contributed by atoms with Crippen LogP contribution in [-0.2, 0) is 25.4 Å². The van der Waals surface area contributed by atoms with Crippen LogP contribution in [0.5, 0.6) is 0 Å². The fourth-order valence-electron chi connectivity index (χ4n) is 1.27. The van der Waals surface area contributed by atoms with Crippen LogP contribution in [0.4, 0.5) is 0 Å². The molecule has 0 aromatic carbocycles. The van der Waals surface area contributed by atoms with Crippen LogP contribution in [-0.4, -0.2) is 34.6 Å². The Balaban J connectivity index is 2.56. The van der Waals surface area contributed by atoms with E-state index in [-0.39, 0.29) is 23.7 Å². The minimum Gasteiger partial charge on any atom is -0.229 e. The number of sulfone groups is 2. The van der Waals surface area contributed by atoms with Gasteiger partial charge in [-0.25, -0.2) is 16.8 Å². The number of hydrogen-bond acceptors (Lipinski definition) is 5. The van der Waals surface area contributed by atoms with Gasteiger partial charge in [-0.3, -0.25) is 0 Å². The Hall–Kier alpha value is -0.110. The van der Waals surface area contributed by atoms with Gasteiger partial charge in [0.2, 0.25) is 0 Å². The molecular formula is C9H13ClO4S3. The number of thiophene rings is 1. The summed E-state index contributed by atoms with van der Waals surface area (Å²) in [4.78, 5) is 0. The molecule has 17 heavy (non-hydrogen) atoms. The van der Waals surface area contributed by atoms with E-state index in [9.17, 15) is 16.8 Å². The van der Waals surface area contributed by atoms with Crippen molar-refractivity contribution in [3.8, 4) is 0 Å². The van der Waals surface area contributed by atoms with Crippen molar-refractivity contribution in [2.24, 2.45) is 0 Å². The van der Waals surface area contributed by atoms with Gasteiger partial charge in [-0.2, -0.15) is 0 Å². The van der Waals surface area contributed by atoms with Crippen LogP contribution in [0.25, 0.3) is 0 Å². The summed E-state index contributed by atoms with van der Waals surface area (Å²) in [5.74, 6) is -0.366. The molecule has 8 heteroatoms. The molecule has 0 aliphatic carbocycles. The lowest BCUT2D eigenvalue weighted by atomic mass is 10.4. The molecule has 0 saturated heterocycles. The van der Waals surface area contributed by atoms with Crippen molar-refractivity contribution in [2.45, 2.75) is 12.2 Å². The summed E-state index contributed by atoms with van der Waals surface area (Å²) < 4.78 is 45.6. The highest BCUT2D eigenvalue weighted by molar-refractivity contribution is 7.91. The molecule has 1 heterocycles. The lowest BCUT2D eigenvalue weighted by Crippen LogP contribution is -2.13. The van der Waals surface area contributed by atoms with Crippen molar-refractivity contribution >= 4 is 42.6 Å². The zero-order chi connectivity index (χ0) is 13.1. The average Bonchev–Trinajstić information content (AvgIpc) is 2.48. The van der Waals surface area contributed by atoms with Gasteiger partial charge >= 0.3 is 0 Å². The lowest BCUT2D eigenvalue weighted by Gasteiger charge is -2.03. The van der Waals surface area contributed by atoms with E-state index in [1.54, 1.807) is 11.4 Å². The summed E-state index contributed by atoms with van der Waals surface area (Å²) in [6, 6.07) is 1.67. The minimum atomic E-state index is -3.29. The van der Waals surface area contributed by atoms with Gasteiger partial charge in [0.25, 0.3) is 0 Å². The van der Waals surface area contributed by atoms with E-state index >= 15 is 0 Å². The normalized spacial score (nSPS) is 12.8. The highest BCUT2D eigenvalue weighted by Gasteiger charge is 2.15. The second-order valence-corrected chi connectivity index (χ2v) is 9.76. The van der Waals surface area contributed by atoms with Crippen LogP contribution >= 0.6 is 22.9 Å². The molecule has 0 spiro atoms. The maximum absolute atomic E-state index is 11.7. The molecule has 0 unspecified atom stereocenters. The van der Waals surface area contributed by atoms with Crippen LogP contribution in [0.1, 0.15) is 12.0 Å². The van der Waals surface area contributed by atoms with Crippen molar-refractivity contribution in [3.05, 3.63) is 21.3 Å². The van der Waals surface area contributed by atoms with Crippen molar-refractivity contribution in [1.29, 1.82) is 0 Å². The highest BCUT2D eigenvalue weighted by atomic mass is 35.5. The molecule has 1 aromatic heterocycles. The molecule has 0 fully saturated rings. The summed E-state index contributed by atoms with van der Waals surface area (Å²) in [5, 5.41) is 1.73. The zero-order valence-corrected chi connectivity index (χ0v) is 12.4. The third kappa shape index (κ3) is 5.85. The predicted molar refractivity (Wildman–Crippen MR) is 71.1 cm³/mol. The van der Waals surface area contributed by atoms with E-state index < -0.39 is 19.7 Å². The van der Waals surface area contributed by atoms with E-state index in [2.05, 4.69) is 0 Å². The van der Waals surface area contributed by atoms with E-state index in [0.29, 0.717) is 9.90 Å². The van der Waals surface area contributed by atoms with Gasteiger partial charge in [-0.05, 0) is 23.4 Å². The monoisotopic (exact) mass is 316 g/mol. The molecule has 1 rings (SSSR count). The fraction of sp³-hybridized carbons (Fsp3) is 0.556. The molecule has 1 aromatic rings. The molecule has 0 atom stereocenters. The third-order valence-corrected chi connectivity index (χ3v) is 5.98. The van der Waals surface area contributed by atoms with Gasteiger partial charge in [0.05, 0.1) is 21.6 Å². The van der Waals surface area contributed by atoms with Gasteiger partial charge in [0.1, 0.15) is 9.84 Å². The third-order valence-electron chi connectivity index (χ3n) is 2.04. The van der Waals surface area contributed by atoms with Crippen LogP contribution < -0.4 is 0 Å². The molecule has 0 radical (unpaired) electrons. The van der Waals surface area contributed by atoms with Crippen LogP contribution in [0.2, 0.25) is 4.34 Å². The molecule has 0 saturated carbocycles. The fourth-order valence-corrected chi connectivity index (χ4v) is 4.66. The van der Waals surface area contributed by atoms with E-state index in [1.807, 2.05) is 0 Å². The van der Waals surface area contributed by atoms with Gasteiger partial charge < -0.3 is 0 Å². The smallest absolute Gasteiger partial charge is 0.154 e. The lowest BCUT2D eigenvalue weighted by molar-refractivity contribution is 0.591. The van der Waals surface area contributed by atoms with Gasteiger partial charge in [0, 0.05) is 6.26 Å². The Bertz CT molecular complexity index is 571. The molecule has 4 nitrogen and oxygen atoms in total. The minimum absolute atomic E-state index is 0.108. The average molecular weight is 317 g/mol. The van der Waals surface area contributed by atoms with E-state index in [4.69, 9.17) is 11.6 Å². The second-order valence-electron chi connectivity index (χ2n) is 3.80. The quantitative estimate of drug-likeness (QED) is 0.802. The summed E-state index contributed by atoms with van der Waals surface area (Å²) in [5.41, 5.74) is 0.580. The highest BCUT2D eigenvalue weighted by Crippen LogP contribution is 2.24. The maximum atomic E-state index is 11.7. The predicted octanol–water partition coefficient (Wildman–Crippen LogP) is 1.75. The van der Waals surface area contributed by atoms with Crippen molar-refractivity contribution in [2.75, 3.05) is 17.8 Å². The van der Waals surface area contributed by atoms with E-state index in [1.165, 1.54) is 11.3 Å². The molecule has 0 bridgehead atoms. The summed E-state index contributed by atoms with van der Waals surface area (Å²) in [7, 11) is -6.40. The van der Waals surface area contributed by atoms with Gasteiger partial charge in [-0.15, -0.1) is 11.3 Å². The Morgan fingerprint density at radius 1 is 1.24 bits per heavy atom. The van der Waals surface area contributed by atoms with Crippen LogP contribution in [0, 0.1) is 0 Å². The van der Waals surface area contributed by atoms with Crippen molar-refractivity contribution in [1.82, 2.24) is 0 Å². The van der Waals surface area contributed by atoms with Gasteiger partial charge in [-0.1, -0.05) is 11.6 Å². The Morgan fingerprint density at radius 2 is 1.88 bits per heavy atom. The second kappa shape index (κ2) is 5.69. The van der Waals surface area contributed by atoms with Crippen molar-refractivity contribution in [3.63, 3.8) is 0 Å². The first kappa shape index (κ1) is 14.9. The Labute approximate surface area is 110 Å². The SMILES string of the molecule is CS(=O)(=O)CCCS(=O)(=O)Cc1ccsc1Cl. The van der Waals surface area contributed by atoms with E-state index in [0.717, 1.165) is 6.26 Å². The number of halogens is 1. The first-order valence-electron chi connectivity index (χ1n) is 4.80. The van der Waals surface area contributed by atoms with Crippen LogP contribution in [0.3, 0.4) is 0 Å². The Kier molecular flexibility index (Phi) is 5.00. The zero-order valence-electron chi connectivity index (χ0n) is 9.22. The standard InChI is InChI=1S/C9H13ClO4S3/c1-16(11,12)5-2-6-17(13,14)7-8-3-4-15-9(8)10/h3-4H,2,5-7H2,1H3. The molecule has 0 aliphatic heterocycles. The number of rotatable bonds is 6. The molecular weight excluding hydrogens is 304 g/mol. The molecule has 0 amide bonds. The van der Waals surface area contributed by atoms with Crippen LogP contribution in [0.15, 0.2) is 11.4 Å². The first-order valence-corrected chi connectivity index (χ1v) is 9.93. The summed E-state index contributed by atoms with van der Waals surface area (Å²) in [6.45, 7) is 0. The van der Waals surface area contributed by atoms with Gasteiger partial charge in [0.15, 0.2) is 9.84 Å². The summed E-state index contributed by atoms with van der Waals surface area (Å²) in [6.07, 6.45) is 1.22. The largest absolute Gasteiger partial charge is 0.229 e. The molecule has 98 valence electrons. The molecule has 0 N–H and O–H groups in total. The number of hydrogen-bond donors (Lipinski definition) is 0. The molecule has 0 aliphatic rings. The van der Waals surface area contributed by atoms with Crippen molar-refractivity contribution < 1.29 is 16.8 Å². The summed E-state index contributed by atoms with van der Waals surface area (Å²) >= 11 is 7.09. The first-order chi connectivity index (χ1) is 7.70. The topological polar surface area (TPSA) is 68.3 Å².